The third-order valence-corrected chi connectivity index (χ3v) is 3.76. The van der Waals surface area contributed by atoms with Crippen molar-refractivity contribution in [3.05, 3.63) is 53.8 Å². The Morgan fingerprint density at radius 2 is 2.08 bits per heavy atom. The number of ether oxygens (including phenoxy) is 3. The van der Waals surface area contributed by atoms with Crippen LogP contribution in [-0.4, -0.2) is 34.1 Å². The van der Waals surface area contributed by atoms with Crippen LogP contribution in [0.5, 0.6) is 17.5 Å². The zero-order chi connectivity index (χ0) is 18.1. The molecule has 2 heterocycles. The van der Waals surface area contributed by atoms with E-state index >= 15 is 0 Å². The van der Waals surface area contributed by atoms with Crippen molar-refractivity contribution in [3.63, 3.8) is 0 Å². The maximum Gasteiger partial charge on any atom is 0.336 e. The number of benzene rings is 2. The van der Waals surface area contributed by atoms with Gasteiger partial charge >= 0.3 is 6.01 Å². The molecule has 0 aliphatic carbocycles. The molecule has 0 amide bonds. The second-order valence-corrected chi connectivity index (χ2v) is 5.45. The highest BCUT2D eigenvalue weighted by Gasteiger charge is 2.22. The first-order chi connectivity index (χ1) is 12.7. The van der Waals surface area contributed by atoms with Gasteiger partial charge in [0.15, 0.2) is 17.3 Å². The lowest BCUT2D eigenvalue weighted by Crippen LogP contribution is -2.15. The number of carbonyl (C=O) groups is 1. The van der Waals surface area contributed by atoms with Gasteiger partial charge in [-0.1, -0.05) is 12.1 Å². The van der Waals surface area contributed by atoms with Gasteiger partial charge < -0.3 is 14.2 Å². The van der Waals surface area contributed by atoms with Crippen LogP contribution in [0, 0.1) is 5.82 Å². The summed E-state index contributed by atoms with van der Waals surface area (Å²) in [7, 11) is 0. The van der Waals surface area contributed by atoms with Crippen molar-refractivity contribution in [3.8, 4) is 28.9 Å². The molecule has 2 aromatic carbocycles. The lowest BCUT2D eigenvalue weighted by Gasteiger charge is -2.05. The zero-order valence-corrected chi connectivity index (χ0v) is 13.8. The summed E-state index contributed by atoms with van der Waals surface area (Å²) in [6.45, 7) is 2.23. The fourth-order valence-electron chi connectivity index (χ4n) is 2.59. The molecule has 7 nitrogen and oxygen atoms in total. The Morgan fingerprint density at radius 3 is 2.88 bits per heavy atom. The SMILES string of the molecule is CCOc1nc(-c2cccc(F)c2)n(C(=O)c2ccc3c(c2)OCO3)n1. The third-order valence-electron chi connectivity index (χ3n) is 3.76. The molecule has 1 aromatic heterocycles. The van der Waals surface area contributed by atoms with E-state index in [0.717, 1.165) is 4.68 Å². The molecule has 0 saturated heterocycles. The van der Waals surface area contributed by atoms with Gasteiger partial charge in [0.2, 0.25) is 6.79 Å². The van der Waals surface area contributed by atoms with E-state index in [4.69, 9.17) is 14.2 Å². The summed E-state index contributed by atoms with van der Waals surface area (Å²) < 4.78 is 30.6. The van der Waals surface area contributed by atoms with E-state index in [0.29, 0.717) is 29.2 Å². The molecule has 0 N–H and O–H groups in total. The van der Waals surface area contributed by atoms with Crippen LogP contribution in [0.25, 0.3) is 11.4 Å². The molecule has 4 rings (SSSR count). The predicted octanol–water partition coefficient (Wildman–Crippen LogP) is 2.90. The van der Waals surface area contributed by atoms with Gasteiger partial charge in [0.25, 0.3) is 5.91 Å². The summed E-state index contributed by atoms with van der Waals surface area (Å²) in [5, 5.41) is 4.12. The first-order valence-corrected chi connectivity index (χ1v) is 7.96. The van der Waals surface area contributed by atoms with Gasteiger partial charge in [-0.3, -0.25) is 4.79 Å². The Bertz CT molecular complexity index is 986. The Kier molecular flexibility index (Phi) is 4.00. The van der Waals surface area contributed by atoms with Crippen molar-refractivity contribution >= 4 is 5.91 Å². The number of halogens is 1. The predicted molar refractivity (Wildman–Crippen MR) is 88.9 cm³/mol. The maximum absolute atomic E-state index is 13.6. The Labute approximate surface area is 147 Å². The van der Waals surface area contributed by atoms with Crippen LogP contribution in [0.15, 0.2) is 42.5 Å². The van der Waals surface area contributed by atoms with Crippen LogP contribution >= 0.6 is 0 Å². The summed E-state index contributed by atoms with van der Waals surface area (Å²) in [5.41, 5.74) is 0.748. The molecule has 1 aliphatic rings. The normalized spacial score (nSPS) is 12.2. The fraction of sp³-hybridized carbons (Fsp3) is 0.167. The van der Waals surface area contributed by atoms with Gasteiger partial charge in [-0.25, -0.2) is 4.39 Å². The Balaban J connectivity index is 1.78. The average molecular weight is 355 g/mol. The van der Waals surface area contributed by atoms with E-state index in [1.807, 2.05) is 0 Å². The molecule has 0 atom stereocenters. The highest BCUT2D eigenvalue weighted by molar-refractivity contribution is 5.98. The number of hydrogen-bond donors (Lipinski definition) is 0. The topological polar surface area (TPSA) is 75.5 Å². The second kappa shape index (κ2) is 6.47. The number of aromatic nitrogens is 3. The molecule has 0 bridgehead atoms. The monoisotopic (exact) mass is 355 g/mol. The zero-order valence-electron chi connectivity index (χ0n) is 13.8. The van der Waals surface area contributed by atoms with Gasteiger partial charge in [-0.2, -0.15) is 9.67 Å². The molecule has 0 unspecified atom stereocenters. The second-order valence-electron chi connectivity index (χ2n) is 5.45. The van der Waals surface area contributed by atoms with Crippen LogP contribution in [0.3, 0.4) is 0 Å². The molecule has 1 aliphatic heterocycles. The molecule has 0 fully saturated rings. The minimum atomic E-state index is -0.444. The molecular weight excluding hydrogens is 341 g/mol. The minimum absolute atomic E-state index is 0.0425. The molecule has 0 radical (unpaired) electrons. The van der Waals surface area contributed by atoms with Crippen LogP contribution in [0.2, 0.25) is 0 Å². The molecule has 26 heavy (non-hydrogen) atoms. The quantitative estimate of drug-likeness (QED) is 0.716. The highest BCUT2D eigenvalue weighted by Crippen LogP contribution is 2.33. The average Bonchev–Trinajstić information content (AvgIpc) is 3.27. The summed E-state index contributed by atoms with van der Waals surface area (Å²) >= 11 is 0. The number of carbonyl (C=O) groups excluding carboxylic acids is 1. The summed E-state index contributed by atoms with van der Waals surface area (Å²) in [5.74, 6) is 0.357. The van der Waals surface area contributed by atoms with E-state index in [1.165, 1.54) is 18.2 Å². The number of nitrogens with zero attached hydrogens (tertiary/aromatic N) is 3. The molecule has 0 saturated carbocycles. The van der Waals surface area contributed by atoms with Gasteiger partial charge in [0.05, 0.1) is 6.61 Å². The lowest BCUT2D eigenvalue weighted by molar-refractivity contribution is 0.0944. The van der Waals surface area contributed by atoms with Crippen molar-refractivity contribution in [2.24, 2.45) is 0 Å². The molecule has 8 heteroatoms. The van der Waals surface area contributed by atoms with Crippen LogP contribution in [0.1, 0.15) is 17.3 Å². The van der Waals surface area contributed by atoms with E-state index < -0.39 is 11.7 Å². The fourth-order valence-corrected chi connectivity index (χ4v) is 2.59. The number of hydrogen-bond acceptors (Lipinski definition) is 6. The number of rotatable bonds is 4. The summed E-state index contributed by atoms with van der Waals surface area (Å²) in [6, 6.07) is 10.6. The molecular formula is C18H14FN3O4. The molecule has 132 valence electrons. The Morgan fingerprint density at radius 1 is 1.23 bits per heavy atom. The highest BCUT2D eigenvalue weighted by atomic mass is 19.1. The molecule has 0 spiro atoms. The van der Waals surface area contributed by atoms with Crippen molar-refractivity contribution in [1.29, 1.82) is 0 Å². The van der Waals surface area contributed by atoms with Crippen molar-refractivity contribution in [1.82, 2.24) is 14.8 Å². The summed E-state index contributed by atoms with van der Waals surface area (Å²) in [4.78, 5) is 17.2. The minimum Gasteiger partial charge on any atom is -0.463 e. The summed E-state index contributed by atoms with van der Waals surface area (Å²) in [6.07, 6.45) is 0. The first kappa shape index (κ1) is 16.1. The van der Waals surface area contributed by atoms with Crippen LogP contribution in [0.4, 0.5) is 4.39 Å². The van der Waals surface area contributed by atoms with Gasteiger partial charge in [0, 0.05) is 11.1 Å². The first-order valence-electron chi connectivity index (χ1n) is 7.96. The van der Waals surface area contributed by atoms with Gasteiger partial charge in [-0.05, 0) is 37.3 Å². The van der Waals surface area contributed by atoms with E-state index in [9.17, 15) is 9.18 Å². The van der Waals surface area contributed by atoms with Gasteiger partial charge in [0.1, 0.15) is 5.82 Å². The van der Waals surface area contributed by atoms with Crippen molar-refractivity contribution < 1.29 is 23.4 Å². The van der Waals surface area contributed by atoms with Crippen molar-refractivity contribution in [2.75, 3.05) is 13.4 Å². The third kappa shape index (κ3) is 2.85. The standard InChI is InChI=1S/C18H14FN3O4/c1-2-24-18-20-16(11-4-3-5-13(19)8-11)22(21-18)17(23)12-6-7-14-15(9-12)26-10-25-14/h3-9H,2,10H2,1H3. The van der Waals surface area contributed by atoms with Crippen LogP contribution in [-0.2, 0) is 0 Å². The van der Waals surface area contributed by atoms with Crippen molar-refractivity contribution in [2.45, 2.75) is 6.92 Å². The maximum atomic E-state index is 13.6. The van der Waals surface area contributed by atoms with E-state index in [2.05, 4.69) is 10.1 Å². The van der Waals surface area contributed by atoms with E-state index in [-0.39, 0.29) is 18.6 Å². The smallest absolute Gasteiger partial charge is 0.336 e. The van der Waals surface area contributed by atoms with E-state index in [1.54, 1.807) is 31.2 Å². The molecule has 3 aromatic rings. The van der Waals surface area contributed by atoms with Gasteiger partial charge in [-0.15, -0.1) is 5.10 Å². The van der Waals surface area contributed by atoms with Crippen LogP contribution < -0.4 is 14.2 Å². The number of fused-ring (bicyclic) bond motifs is 1. The largest absolute Gasteiger partial charge is 0.463 e. The lowest BCUT2D eigenvalue weighted by atomic mass is 10.1. The Hall–Kier alpha value is -3.42.